The number of carbonyl (C=O) groups excluding carboxylic acids is 1. The molecule has 0 aliphatic carbocycles. The minimum atomic E-state index is -0.237. The quantitative estimate of drug-likeness (QED) is 0.857. The average molecular weight is 287 g/mol. The van der Waals surface area contributed by atoms with Gasteiger partial charge in [-0.25, -0.2) is 9.67 Å². The van der Waals surface area contributed by atoms with Gasteiger partial charge in [0, 0.05) is 18.7 Å². The summed E-state index contributed by atoms with van der Waals surface area (Å²) < 4.78 is 1.76. The van der Waals surface area contributed by atoms with Gasteiger partial charge in [-0.2, -0.15) is 5.10 Å². The van der Waals surface area contributed by atoms with Crippen molar-refractivity contribution in [3.8, 4) is 0 Å². The van der Waals surface area contributed by atoms with Gasteiger partial charge in [-0.05, 0) is 32.4 Å². The average Bonchev–Trinajstić information content (AvgIpc) is 2.94. The van der Waals surface area contributed by atoms with E-state index in [1.807, 2.05) is 19.9 Å². The maximum absolute atomic E-state index is 12.2. The van der Waals surface area contributed by atoms with E-state index in [0.717, 1.165) is 18.7 Å². The van der Waals surface area contributed by atoms with E-state index in [0.29, 0.717) is 11.5 Å². The summed E-state index contributed by atoms with van der Waals surface area (Å²) in [5.74, 6) is 0.435. The highest BCUT2D eigenvalue weighted by Crippen LogP contribution is 2.14. The van der Waals surface area contributed by atoms with Crippen LogP contribution in [0.2, 0.25) is 0 Å². The van der Waals surface area contributed by atoms with Crippen molar-refractivity contribution in [3.05, 3.63) is 36.3 Å². The zero-order chi connectivity index (χ0) is 15.2. The van der Waals surface area contributed by atoms with E-state index in [2.05, 4.69) is 27.6 Å². The minimum Gasteiger partial charge on any atom is -0.384 e. The van der Waals surface area contributed by atoms with Crippen LogP contribution in [-0.2, 0) is 0 Å². The van der Waals surface area contributed by atoms with E-state index in [1.54, 1.807) is 29.2 Å². The maximum atomic E-state index is 12.2. The standard InChI is InChI=1S/C15H21N5O/c1-4-8-16-12-5-6-13(17-10-12)15(21)19-14-7-9-18-20(14)11(2)3/h5-7,9-11,16H,4,8H2,1-3H3,(H,19,21). The molecule has 6 heteroatoms. The SMILES string of the molecule is CCCNc1ccc(C(=O)Nc2ccnn2C(C)C)nc1. The highest BCUT2D eigenvalue weighted by atomic mass is 16.2. The molecule has 112 valence electrons. The van der Waals surface area contributed by atoms with Crippen molar-refractivity contribution in [2.75, 3.05) is 17.2 Å². The van der Waals surface area contributed by atoms with Gasteiger partial charge in [0.25, 0.3) is 5.91 Å². The predicted octanol–water partition coefficient (Wildman–Crippen LogP) is 2.93. The molecule has 0 unspecified atom stereocenters. The fourth-order valence-electron chi connectivity index (χ4n) is 1.91. The smallest absolute Gasteiger partial charge is 0.275 e. The number of carbonyl (C=O) groups is 1. The summed E-state index contributed by atoms with van der Waals surface area (Å²) in [4.78, 5) is 16.4. The Balaban J connectivity index is 2.04. The van der Waals surface area contributed by atoms with Crippen LogP contribution in [0, 0.1) is 0 Å². The Hall–Kier alpha value is -2.37. The van der Waals surface area contributed by atoms with Crippen LogP contribution in [-0.4, -0.2) is 27.2 Å². The van der Waals surface area contributed by atoms with E-state index in [1.165, 1.54) is 0 Å². The summed E-state index contributed by atoms with van der Waals surface area (Å²) >= 11 is 0. The molecule has 0 saturated carbocycles. The van der Waals surface area contributed by atoms with Crippen molar-refractivity contribution in [2.45, 2.75) is 33.2 Å². The lowest BCUT2D eigenvalue weighted by molar-refractivity contribution is 0.102. The Morgan fingerprint density at radius 1 is 1.33 bits per heavy atom. The lowest BCUT2D eigenvalue weighted by Crippen LogP contribution is -2.17. The Labute approximate surface area is 124 Å². The fraction of sp³-hybridized carbons (Fsp3) is 0.400. The number of amides is 1. The molecule has 2 N–H and O–H groups in total. The molecule has 0 saturated heterocycles. The van der Waals surface area contributed by atoms with Crippen LogP contribution in [0.15, 0.2) is 30.6 Å². The number of hydrogen-bond donors (Lipinski definition) is 2. The second-order valence-corrected chi connectivity index (χ2v) is 5.07. The van der Waals surface area contributed by atoms with Crippen LogP contribution in [0.4, 0.5) is 11.5 Å². The topological polar surface area (TPSA) is 71.8 Å². The molecular formula is C15H21N5O. The zero-order valence-corrected chi connectivity index (χ0v) is 12.6. The molecule has 0 spiro atoms. The van der Waals surface area contributed by atoms with Crippen molar-refractivity contribution in [3.63, 3.8) is 0 Å². The van der Waals surface area contributed by atoms with Crippen LogP contribution in [0.1, 0.15) is 43.7 Å². The van der Waals surface area contributed by atoms with E-state index >= 15 is 0 Å². The second-order valence-electron chi connectivity index (χ2n) is 5.07. The number of aromatic nitrogens is 3. The molecule has 2 aromatic heterocycles. The molecule has 0 bridgehead atoms. The molecule has 6 nitrogen and oxygen atoms in total. The Morgan fingerprint density at radius 3 is 2.76 bits per heavy atom. The first-order valence-electron chi connectivity index (χ1n) is 7.16. The van der Waals surface area contributed by atoms with Gasteiger partial charge in [0.2, 0.25) is 0 Å². The van der Waals surface area contributed by atoms with Crippen molar-refractivity contribution >= 4 is 17.4 Å². The third-order valence-electron chi connectivity index (χ3n) is 2.98. The first-order valence-corrected chi connectivity index (χ1v) is 7.16. The van der Waals surface area contributed by atoms with Crippen LogP contribution >= 0.6 is 0 Å². The van der Waals surface area contributed by atoms with E-state index in [9.17, 15) is 4.79 Å². The molecule has 2 aromatic rings. The summed E-state index contributed by atoms with van der Waals surface area (Å²) in [6, 6.07) is 5.53. The maximum Gasteiger partial charge on any atom is 0.275 e. The summed E-state index contributed by atoms with van der Waals surface area (Å²) in [6.45, 7) is 7.01. The third-order valence-corrected chi connectivity index (χ3v) is 2.98. The zero-order valence-electron chi connectivity index (χ0n) is 12.6. The van der Waals surface area contributed by atoms with Crippen LogP contribution in [0.25, 0.3) is 0 Å². The van der Waals surface area contributed by atoms with Gasteiger partial charge >= 0.3 is 0 Å². The Morgan fingerprint density at radius 2 is 2.14 bits per heavy atom. The van der Waals surface area contributed by atoms with E-state index < -0.39 is 0 Å². The number of rotatable bonds is 6. The molecule has 0 aromatic carbocycles. The van der Waals surface area contributed by atoms with Crippen LogP contribution < -0.4 is 10.6 Å². The number of hydrogen-bond acceptors (Lipinski definition) is 4. The minimum absolute atomic E-state index is 0.184. The van der Waals surface area contributed by atoms with Crippen molar-refractivity contribution in [2.24, 2.45) is 0 Å². The highest BCUT2D eigenvalue weighted by Gasteiger charge is 2.12. The Kier molecular flexibility index (Phi) is 4.92. The lowest BCUT2D eigenvalue weighted by atomic mass is 10.3. The molecule has 0 atom stereocenters. The van der Waals surface area contributed by atoms with Gasteiger partial charge in [-0.3, -0.25) is 4.79 Å². The molecule has 0 fully saturated rings. The van der Waals surface area contributed by atoms with Crippen molar-refractivity contribution in [1.29, 1.82) is 0 Å². The van der Waals surface area contributed by atoms with Gasteiger partial charge in [-0.15, -0.1) is 0 Å². The monoisotopic (exact) mass is 287 g/mol. The van der Waals surface area contributed by atoms with Gasteiger partial charge in [0.05, 0.1) is 18.1 Å². The summed E-state index contributed by atoms with van der Waals surface area (Å²) in [5.41, 5.74) is 1.30. The van der Waals surface area contributed by atoms with Gasteiger partial charge in [0.15, 0.2) is 0 Å². The van der Waals surface area contributed by atoms with Crippen molar-refractivity contribution in [1.82, 2.24) is 14.8 Å². The first kappa shape index (κ1) is 15.0. The molecule has 1 amide bonds. The number of anilines is 2. The molecule has 21 heavy (non-hydrogen) atoms. The number of nitrogens with zero attached hydrogens (tertiary/aromatic N) is 3. The summed E-state index contributed by atoms with van der Waals surface area (Å²) in [7, 11) is 0. The molecule has 0 aliphatic heterocycles. The number of pyridine rings is 1. The largest absolute Gasteiger partial charge is 0.384 e. The molecule has 0 aliphatic rings. The first-order chi connectivity index (χ1) is 10.1. The number of nitrogens with one attached hydrogen (secondary N) is 2. The Bertz CT molecular complexity index is 588. The van der Waals surface area contributed by atoms with Gasteiger partial charge in [-0.1, -0.05) is 6.92 Å². The van der Waals surface area contributed by atoms with E-state index in [4.69, 9.17) is 0 Å². The summed E-state index contributed by atoms with van der Waals surface area (Å²) in [5, 5.41) is 10.2. The van der Waals surface area contributed by atoms with Crippen LogP contribution in [0.3, 0.4) is 0 Å². The van der Waals surface area contributed by atoms with Crippen molar-refractivity contribution < 1.29 is 4.79 Å². The van der Waals surface area contributed by atoms with Gasteiger partial charge < -0.3 is 10.6 Å². The molecular weight excluding hydrogens is 266 g/mol. The fourth-order valence-corrected chi connectivity index (χ4v) is 1.91. The summed E-state index contributed by atoms with van der Waals surface area (Å²) in [6.07, 6.45) is 4.38. The highest BCUT2D eigenvalue weighted by molar-refractivity contribution is 6.02. The molecule has 2 rings (SSSR count). The van der Waals surface area contributed by atoms with Crippen LogP contribution in [0.5, 0.6) is 0 Å². The third kappa shape index (κ3) is 3.81. The van der Waals surface area contributed by atoms with Gasteiger partial charge in [0.1, 0.15) is 11.5 Å². The molecule has 2 heterocycles. The second kappa shape index (κ2) is 6.88. The predicted molar refractivity (Wildman–Crippen MR) is 83.6 cm³/mol. The molecule has 0 radical (unpaired) electrons. The van der Waals surface area contributed by atoms with E-state index in [-0.39, 0.29) is 11.9 Å². The normalized spacial score (nSPS) is 10.7. The lowest BCUT2D eigenvalue weighted by Gasteiger charge is -2.11.